The lowest BCUT2D eigenvalue weighted by atomic mass is 9.89. The molecule has 1 aliphatic heterocycles. The summed E-state index contributed by atoms with van der Waals surface area (Å²) < 4.78 is 11.3. The van der Waals surface area contributed by atoms with Crippen LogP contribution in [-0.2, 0) is 9.53 Å². The Hall–Kier alpha value is -2.24. The highest BCUT2D eigenvalue weighted by atomic mass is 16.6. The molecule has 0 aromatic heterocycles. The average molecular weight is 362 g/mol. The molecule has 0 unspecified atom stereocenters. The van der Waals surface area contributed by atoms with E-state index in [-0.39, 0.29) is 12.2 Å². The third-order valence-electron chi connectivity index (χ3n) is 4.20. The summed E-state index contributed by atoms with van der Waals surface area (Å²) in [5.41, 5.74) is 1.36. The Bertz CT molecular complexity index is 629. The van der Waals surface area contributed by atoms with Gasteiger partial charge in [-0.1, -0.05) is 6.07 Å². The molecule has 2 amide bonds. The fraction of sp³-hybridized carbons (Fsp3) is 0.600. The average Bonchev–Trinajstić information content (AvgIpc) is 2.55. The quantitative estimate of drug-likeness (QED) is 0.799. The normalized spacial score (nSPS) is 15.7. The Morgan fingerprint density at radius 2 is 1.92 bits per heavy atom. The van der Waals surface area contributed by atoms with Gasteiger partial charge in [0.05, 0.1) is 11.8 Å². The van der Waals surface area contributed by atoms with Crippen LogP contribution in [0.1, 0.15) is 58.9 Å². The smallest absolute Gasteiger partial charge is 0.410 e. The molecule has 1 saturated heterocycles. The van der Waals surface area contributed by atoms with Crippen LogP contribution < -0.4 is 10.1 Å². The van der Waals surface area contributed by atoms with E-state index in [0.717, 1.165) is 12.8 Å². The zero-order valence-corrected chi connectivity index (χ0v) is 16.4. The second kappa shape index (κ2) is 8.43. The summed E-state index contributed by atoms with van der Waals surface area (Å²) in [4.78, 5) is 24.7. The maximum Gasteiger partial charge on any atom is 0.410 e. The number of likely N-dealkylation sites (tertiary alicyclic amines) is 1. The highest BCUT2D eigenvalue weighted by Gasteiger charge is 2.27. The zero-order valence-electron chi connectivity index (χ0n) is 16.4. The Labute approximate surface area is 155 Å². The summed E-state index contributed by atoms with van der Waals surface area (Å²) >= 11 is 0. The molecule has 0 spiro atoms. The van der Waals surface area contributed by atoms with E-state index in [2.05, 4.69) is 5.32 Å². The second-order valence-corrected chi connectivity index (χ2v) is 7.93. The molecule has 0 radical (unpaired) electrons. The number of hydrogen-bond acceptors (Lipinski definition) is 4. The van der Waals surface area contributed by atoms with Gasteiger partial charge in [-0.05, 0) is 71.1 Å². The van der Waals surface area contributed by atoms with E-state index in [9.17, 15) is 9.59 Å². The first kappa shape index (κ1) is 20.1. The molecule has 1 heterocycles. The molecule has 6 heteroatoms. The van der Waals surface area contributed by atoms with Crippen molar-refractivity contribution in [3.63, 3.8) is 0 Å². The first-order valence-corrected chi connectivity index (χ1v) is 9.18. The van der Waals surface area contributed by atoms with E-state index in [0.29, 0.717) is 36.9 Å². The molecule has 0 aliphatic carbocycles. The molecule has 2 rings (SSSR count). The Kier molecular flexibility index (Phi) is 6.51. The van der Waals surface area contributed by atoms with Gasteiger partial charge in [-0.25, -0.2) is 4.79 Å². The minimum atomic E-state index is -0.474. The van der Waals surface area contributed by atoms with Crippen molar-refractivity contribution < 1.29 is 19.1 Å². The number of carbonyl (C=O) groups excluding carboxylic acids is 2. The number of nitrogens with one attached hydrogen (secondary N) is 1. The summed E-state index contributed by atoms with van der Waals surface area (Å²) in [6.07, 6.45) is 2.18. The van der Waals surface area contributed by atoms with Crippen molar-refractivity contribution in [3.05, 3.63) is 23.8 Å². The number of hydrogen-bond donors (Lipinski definition) is 1. The van der Waals surface area contributed by atoms with Crippen molar-refractivity contribution in [1.29, 1.82) is 0 Å². The molecule has 1 N–H and O–H groups in total. The predicted octanol–water partition coefficient (Wildman–Crippen LogP) is 4.16. The van der Waals surface area contributed by atoms with Gasteiger partial charge in [0.25, 0.3) is 0 Å². The lowest BCUT2D eigenvalue weighted by Gasteiger charge is -2.33. The van der Waals surface area contributed by atoms with E-state index >= 15 is 0 Å². The molecule has 0 atom stereocenters. The summed E-state index contributed by atoms with van der Waals surface area (Å²) in [5, 5.41) is 2.68. The Morgan fingerprint density at radius 1 is 1.27 bits per heavy atom. The first-order chi connectivity index (χ1) is 12.2. The number of amides is 2. The monoisotopic (exact) mass is 362 g/mol. The molecule has 6 nitrogen and oxygen atoms in total. The number of nitrogens with zero attached hydrogens (tertiary/aromatic N) is 1. The third-order valence-corrected chi connectivity index (χ3v) is 4.20. The summed E-state index contributed by atoms with van der Waals surface area (Å²) in [5.74, 6) is 1.03. The van der Waals surface area contributed by atoms with Gasteiger partial charge >= 0.3 is 6.09 Å². The Morgan fingerprint density at radius 3 is 2.46 bits per heavy atom. The van der Waals surface area contributed by atoms with E-state index in [4.69, 9.17) is 9.47 Å². The van der Waals surface area contributed by atoms with Crippen LogP contribution in [0, 0.1) is 0 Å². The largest absolute Gasteiger partial charge is 0.489 e. The number of piperidine rings is 1. The van der Waals surface area contributed by atoms with Gasteiger partial charge in [0.2, 0.25) is 6.41 Å². The zero-order chi connectivity index (χ0) is 19.3. The van der Waals surface area contributed by atoms with E-state index in [1.807, 2.05) is 52.8 Å². The van der Waals surface area contributed by atoms with Gasteiger partial charge in [-0.15, -0.1) is 0 Å². The number of ether oxygens (including phenoxy) is 2. The van der Waals surface area contributed by atoms with E-state index < -0.39 is 5.60 Å². The van der Waals surface area contributed by atoms with Crippen molar-refractivity contribution in [1.82, 2.24) is 4.90 Å². The van der Waals surface area contributed by atoms with Crippen LogP contribution >= 0.6 is 0 Å². The summed E-state index contributed by atoms with van der Waals surface area (Å²) in [6.45, 7) is 10.9. The topological polar surface area (TPSA) is 67.9 Å². The minimum absolute atomic E-state index is 0.0199. The van der Waals surface area contributed by atoms with Crippen LogP contribution in [0.2, 0.25) is 0 Å². The predicted molar refractivity (Wildman–Crippen MR) is 102 cm³/mol. The number of carbonyl (C=O) groups is 2. The van der Waals surface area contributed by atoms with E-state index in [1.54, 1.807) is 4.90 Å². The fourth-order valence-corrected chi connectivity index (χ4v) is 3.05. The molecule has 1 fully saturated rings. The number of benzene rings is 1. The lowest BCUT2D eigenvalue weighted by molar-refractivity contribution is -0.105. The van der Waals surface area contributed by atoms with Crippen LogP contribution in [0.3, 0.4) is 0 Å². The van der Waals surface area contributed by atoms with Crippen LogP contribution in [0.5, 0.6) is 5.75 Å². The van der Waals surface area contributed by atoms with Crippen molar-refractivity contribution in [3.8, 4) is 5.75 Å². The SMILES string of the molecule is CC(C)Oc1cc(C2CCN(C(=O)OC(C)(C)C)CC2)ccc1NC=O. The van der Waals surface area contributed by atoms with Gasteiger partial charge in [0, 0.05) is 13.1 Å². The molecule has 0 bridgehead atoms. The van der Waals surface area contributed by atoms with Gasteiger partial charge in [-0.3, -0.25) is 4.79 Å². The number of rotatable bonds is 5. The molecule has 26 heavy (non-hydrogen) atoms. The minimum Gasteiger partial charge on any atom is -0.489 e. The molecular formula is C20H30N2O4. The molecular weight excluding hydrogens is 332 g/mol. The molecule has 0 saturated carbocycles. The van der Waals surface area contributed by atoms with Gasteiger partial charge in [0.1, 0.15) is 11.4 Å². The lowest BCUT2D eigenvalue weighted by Crippen LogP contribution is -2.41. The van der Waals surface area contributed by atoms with Crippen LogP contribution in [-0.4, -0.2) is 42.2 Å². The van der Waals surface area contributed by atoms with Crippen LogP contribution in [0.15, 0.2) is 18.2 Å². The van der Waals surface area contributed by atoms with Crippen molar-refractivity contribution in [2.45, 2.75) is 65.1 Å². The maximum absolute atomic E-state index is 12.2. The molecule has 144 valence electrons. The van der Waals surface area contributed by atoms with Crippen molar-refractivity contribution in [2.24, 2.45) is 0 Å². The third kappa shape index (κ3) is 5.64. The van der Waals surface area contributed by atoms with E-state index in [1.165, 1.54) is 5.56 Å². The van der Waals surface area contributed by atoms with Crippen molar-refractivity contribution in [2.75, 3.05) is 18.4 Å². The molecule has 1 aromatic carbocycles. The Balaban J connectivity index is 2.04. The van der Waals surface area contributed by atoms with Gasteiger partial charge < -0.3 is 19.7 Å². The second-order valence-electron chi connectivity index (χ2n) is 7.93. The van der Waals surface area contributed by atoms with Gasteiger partial charge in [0.15, 0.2) is 0 Å². The first-order valence-electron chi connectivity index (χ1n) is 9.18. The standard InChI is InChI=1S/C20H30N2O4/c1-14(2)25-18-12-16(6-7-17(18)21-13-23)15-8-10-22(11-9-15)19(24)26-20(3,4)5/h6-7,12-15H,8-11H2,1-5H3,(H,21,23). The highest BCUT2D eigenvalue weighted by molar-refractivity contribution is 5.75. The van der Waals surface area contributed by atoms with Crippen LogP contribution in [0.4, 0.5) is 10.5 Å². The van der Waals surface area contributed by atoms with Gasteiger partial charge in [-0.2, -0.15) is 0 Å². The fourth-order valence-electron chi connectivity index (χ4n) is 3.05. The number of anilines is 1. The molecule has 1 aromatic rings. The summed E-state index contributed by atoms with van der Waals surface area (Å²) in [6, 6.07) is 5.90. The summed E-state index contributed by atoms with van der Waals surface area (Å²) in [7, 11) is 0. The van der Waals surface area contributed by atoms with Crippen LogP contribution in [0.25, 0.3) is 0 Å². The highest BCUT2D eigenvalue weighted by Crippen LogP contribution is 2.34. The van der Waals surface area contributed by atoms with Crippen molar-refractivity contribution >= 4 is 18.2 Å². The molecule has 1 aliphatic rings. The maximum atomic E-state index is 12.2.